The van der Waals surface area contributed by atoms with Gasteiger partial charge >= 0.3 is 0 Å². The van der Waals surface area contributed by atoms with Crippen LogP contribution in [0.25, 0.3) is 0 Å². The number of nitrogens with zero attached hydrogens (tertiary/aromatic N) is 3. The molecule has 1 saturated heterocycles. The van der Waals surface area contributed by atoms with Gasteiger partial charge in [0.05, 0.1) is 11.4 Å². The fourth-order valence-electron chi connectivity index (χ4n) is 3.72. The molecule has 1 fully saturated rings. The van der Waals surface area contributed by atoms with Crippen molar-refractivity contribution >= 4 is 11.6 Å². The first-order chi connectivity index (χ1) is 12.7. The second-order valence-electron chi connectivity index (χ2n) is 7.20. The highest BCUT2D eigenvalue weighted by atomic mass is 16.6. The molecule has 0 aliphatic carbocycles. The molecular formula is C20H24N4O2. The largest absolute Gasteiger partial charge is 0.382 e. The van der Waals surface area contributed by atoms with Gasteiger partial charge in [0.15, 0.2) is 0 Å². The number of hydrogen-bond acceptors (Lipinski definition) is 4. The van der Waals surface area contributed by atoms with Crippen molar-refractivity contribution < 1.29 is 9.63 Å². The Morgan fingerprint density at radius 2 is 2.04 bits per heavy atom. The van der Waals surface area contributed by atoms with Crippen LogP contribution in [0.2, 0.25) is 0 Å². The summed E-state index contributed by atoms with van der Waals surface area (Å²) < 4.78 is 0. The molecule has 4 rings (SSSR count). The van der Waals surface area contributed by atoms with Gasteiger partial charge in [0.2, 0.25) is 6.10 Å². The number of amides is 1. The lowest BCUT2D eigenvalue weighted by Crippen LogP contribution is -2.43. The smallest absolute Gasteiger partial charge is 0.266 e. The van der Waals surface area contributed by atoms with Crippen molar-refractivity contribution in [2.45, 2.75) is 44.6 Å². The maximum atomic E-state index is 12.5. The number of carbonyl (C=O) groups is 1. The number of benzene rings is 1. The monoisotopic (exact) mass is 352 g/mol. The zero-order valence-electron chi connectivity index (χ0n) is 15.0. The van der Waals surface area contributed by atoms with Crippen LogP contribution in [-0.2, 0) is 16.1 Å². The highest BCUT2D eigenvalue weighted by Crippen LogP contribution is 2.28. The fraction of sp³-hybridized carbons (Fsp3) is 0.450. The molecule has 0 unspecified atom stereocenters. The number of carbonyl (C=O) groups excluding carboxylic acids is 1. The highest BCUT2D eigenvalue weighted by Gasteiger charge is 2.33. The maximum Gasteiger partial charge on any atom is 0.266 e. The van der Waals surface area contributed by atoms with Crippen molar-refractivity contribution in [1.29, 1.82) is 0 Å². The lowest BCUT2D eigenvalue weighted by Gasteiger charge is -2.32. The number of likely N-dealkylation sites (tertiary alicyclic amines) is 1. The van der Waals surface area contributed by atoms with Gasteiger partial charge in [-0.3, -0.25) is 9.89 Å². The molecule has 3 heterocycles. The molecule has 2 aliphatic heterocycles. The number of aromatic nitrogens is 2. The fourth-order valence-corrected chi connectivity index (χ4v) is 3.72. The van der Waals surface area contributed by atoms with E-state index in [1.807, 2.05) is 17.9 Å². The van der Waals surface area contributed by atoms with Crippen LogP contribution in [0.4, 0.5) is 0 Å². The van der Waals surface area contributed by atoms with Crippen LogP contribution in [0.15, 0.2) is 41.6 Å². The predicted molar refractivity (Wildman–Crippen MR) is 99.0 cm³/mol. The Balaban J connectivity index is 1.31. The number of piperidine rings is 1. The Morgan fingerprint density at radius 1 is 1.27 bits per heavy atom. The Hall–Kier alpha value is -2.63. The van der Waals surface area contributed by atoms with E-state index in [9.17, 15) is 4.79 Å². The van der Waals surface area contributed by atoms with Gasteiger partial charge in [-0.1, -0.05) is 35.5 Å². The van der Waals surface area contributed by atoms with Crippen molar-refractivity contribution in [3.8, 4) is 0 Å². The quantitative estimate of drug-likeness (QED) is 0.920. The minimum atomic E-state index is -0.422. The Kier molecular flexibility index (Phi) is 4.73. The lowest BCUT2D eigenvalue weighted by atomic mass is 9.92. The summed E-state index contributed by atoms with van der Waals surface area (Å²) in [4.78, 5) is 19.6. The number of aromatic amines is 1. The van der Waals surface area contributed by atoms with E-state index in [1.54, 1.807) is 0 Å². The summed E-state index contributed by atoms with van der Waals surface area (Å²) >= 11 is 0. The molecule has 6 heteroatoms. The van der Waals surface area contributed by atoms with E-state index in [4.69, 9.17) is 4.84 Å². The summed E-state index contributed by atoms with van der Waals surface area (Å²) in [7, 11) is 0. The summed E-state index contributed by atoms with van der Waals surface area (Å²) in [6.07, 6.45) is 2.93. The Labute approximate surface area is 153 Å². The van der Waals surface area contributed by atoms with Crippen LogP contribution in [0.5, 0.6) is 0 Å². The highest BCUT2D eigenvalue weighted by molar-refractivity contribution is 5.91. The molecule has 2 aliphatic rings. The van der Waals surface area contributed by atoms with Crippen LogP contribution in [0, 0.1) is 0 Å². The molecule has 2 aromatic rings. The number of hydrogen-bond donors (Lipinski definition) is 1. The third-order valence-electron chi connectivity index (χ3n) is 5.21. The van der Waals surface area contributed by atoms with E-state index in [1.165, 1.54) is 5.56 Å². The van der Waals surface area contributed by atoms with Crippen LogP contribution < -0.4 is 0 Å². The van der Waals surface area contributed by atoms with Gasteiger partial charge in [-0.05, 0) is 31.4 Å². The first kappa shape index (κ1) is 16.8. The number of rotatable bonds is 4. The van der Waals surface area contributed by atoms with Crippen LogP contribution in [0.3, 0.4) is 0 Å². The molecular weight excluding hydrogens is 328 g/mol. The minimum Gasteiger partial charge on any atom is -0.382 e. The Morgan fingerprint density at radius 3 is 2.73 bits per heavy atom. The van der Waals surface area contributed by atoms with Crippen LogP contribution in [-0.4, -0.2) is 45.9 Å². The van der Waals surface area contributed by atoms with E-state index < -0.39 is 6.10 Å². The number of H-pyrrole nitrogens is 1. The van der Waals surface area contributed by atoms with Gasteiger partial charge in [0, 0.05) is 37.5 Å². The standard InChI is InChI=1S/C20H24N4O2/c1-14-11-19(26-23-14)20(25)24-9-7-16(8-10-24)18-13-17(21-22-18)12-15-5-3-2-4-6-15/h2-6,13,16,19H,7-12H2,1H3,(H,21,22)/t19-/m0/s1. The Bertz CT molecular complexity index is 791. The molecule has 1 amide bonds. The second kappa shape index (κ2) is 7.32. The normalized spacial score (nSPS) is 20.7. The topological polar surface area (TPSA) is 70.6 Å². The molecule has 0 radical (unpaired) electrons. The molecule has 26 heavy (non-hydrogen) atoms. The summed E-state index contributed by atoms with van der Waals surface area (Å²) in [6, 6.07) is 12.6. The molecule has 0 spiro atoms. The number of oxime groups is 1. The van der Waals surface area contributed by atoms with Gasteiger partial charge in [-0.2, -0.15) is 5.10 Å². The SMILES string of the molecule is CC1=NO[C@H](C(=O)N2CCC(c3cc(Cc4ccccc4)[nH]n3)CC2)C1. The van der Waals surface area contributed by atoms with Gasteiger partial charge in [0.25, 0.3) is 5.91 Å². The number of nitrogens with one attached hydrogen (secondary N) is 1. The van der Waals surface area contributed by atoms with E-state index in [0.717, 1.165) is 49.5 Å². The molecule has 1 N–H and O–H groups in total. The summed E-state index contributed by atoms with van der Waals surface area (Å²) in [5, 5.41) is 11.6. The summed E-state index contributed by atoms with van der Waals surface area (Å²) in [5.74, 6) is 0.471. The molecule has 1 atom stereocenters. The van der Waals surface area contributed by atoms with Crippen LogP contribution in [0.1, 0.15) is 49.1 Å². The van der Waals surface area contributed by atoms with Gasteiger partial charge in [-0.15, -0.1) is 0 Å². The van der Waals surface area contributed by atoms with Crippen molar-refractivity contribution in [2.24, 2.45) is 5.16 Å². The van der Waals surface area contributed by atoms with Crippen molar-refractivity contribution in [1.82, 2.24) is 15.1 Å². The van der Waals surface area contributed by atoms with Crippen molar-refractivity contribution in [3.05, 3.63) is 53.3 Å². The zero-order valence-corrected chi connectivity index (χ0v) is 15.0. The molecule has 1 aromatic carbocycles. The zero-order chi connectivity index (χ0) is 17.9. The second-order valence-corrected chi connectivity index (χ2v) is 7.20. The van der Waals surface area contributed by atoms with Gasteiger partial charge in [0.1, 0.15) is 0 Å². The average Bonchev–Trinajstić information content (AvgIpc) is 3.31. The molecule has 0 bridgehead atoms. The molecule has 1 aromatic heterocycles. The first-order valence-electron chi connectivity index (χ1n) is 9.25. The molecule has 136 valence electrons. The minimum absolute atomic E-state index is 0.0656. The van der Waals surface area contributed by atoms with Gasteiger partial charge in [-0.25, -0.2) is 0 Å². The average molecular weight is 352 g/mol. The van der Waals surface area contributed by atoms with Gasteiger partial charge < -0.3 is 9.74 Å². The summed E-state index contributed by atoms with van der Waals surface area (Å²) in [6.45, 7) is 3.40. The van der Waals surface area contributed by atoms with E-state index >= 15 is 0 Å². The van der Waals surface area contributed by atoms with E-state index in [0.29, 0.717) is 12.3 Å². The predicted octanol–water partition coefficient (Wildman–Crippen LogP) is 2.87. The maximum absolute atomic E-state index is 12.5. The molecule has 6 nitrogen and oxygen atoms in total. The van der Waals surface area contributed by atoms with E-state index in [2.05, 4.69) is 45.7 Å². The van der Waals surface area contributed by atoms with Crippen molar-refractivity contribution in [3.63, 3.8) is 0 Å². The van der Waals surface area contributed by atoms with E-state index in [-0.39, 0.29) is 5.91 Å². The van der Waals surface area contributed by atoms with Crippen LogP contribution >= 0.6 is 0 Å². The molecule has 0 saturated carbocycles. The first-order valence-corrected chi connectivity index (χ1v) is 9.25. The third-order valence-corrected chi connectivity index (χ3v) is 5.21. The third kappa shape index (κ3) is 3.64. The lowest BCUT2D eigenvalue weighted by molar-refractivity contribution is -0.143. The van der Waals surface area contributed by atoms with Crippen molar-refractivity contribution in [2.75, 3.05) is 13.1 Å². The summed E-state index contributed by atoms with van der Waals surface area (Å²) in [5.41, 5.74) is 4.41.